The maximum atomic E-state index is 13.4. The third kappa shape index (κ3) is 4.60. The molecule has 1 amide bonds. The molecule has 1 heterocycles. The summed E-state index contributed by atoms with van der Waals surface area (Å²) in [4.78, 5) is 24.3. The van der Waals surface area contributed by atoms with E-state index in [2.05, 4.69) is 15.5 Å². The molecular weight excluding hydrogens is 305 g/mol. The molecule has 0 radical (unpaired) electrons. The van der Waals surface area contributed by atoms with E-state index in [1.165, 1.54) is 0 Å². The molecule has 0 bridgehead atoms. The number of hydrogen-bond acceptors (Lipinski definition) is 6. The largest absolute Gasteiger partial charge is 0.393 e. The summed E-state index contributed by atoms with van der Waals surface area (Å²) in [5, 5.41) is 16.7. The van der Waals surface area contributed by atoms with Gasteiger partial charge in [0.2, 0.25) is 0 Å². The van der Waals surface area contributed by atoms with E-state index in [0.29, 0.717) is 12.6 Å². The molecule has 1 fully saturated rings. The third-order valence-corrected chi connectivity index (χ3v) is 3.71. The molecule has 0 saturated carbocycles. The zero-order valence-corrected chi connectivity index (χ0v) is 12.7. The van der Waals surface area contributed by atoms with Crippen LogP contribution in [0.2, 0.25) is 0 Å². The highest BCUT2D eigenvalue weighted by Gasteiger charge is 2.21. The second-order valence-corrected chi connectivity index (χ2v) is 5.34. The van der Waals surface area contributed by atoms with Crippen LogP contribution in [0.25, 0.3) is 0 Å². The Hall–Kier alpha value is -2.26. The Morgan fingerprint density at radius 2 is 2.13 bits per heavy atom. The number of halogens is 1. The number of amides is 1. The highest BCUT2D eigenvalue weighted by atomic mass is 19.1. The number of piperazine rings is 1. The second-order valence-electron chi connectivity index (χ2n) is 5.34. The average molecular weight is 325 g/mol. The van der Waals surface area contributed by atoms with E-state index in [-0.39, 0.29) is 11.3 Å². The number of rotatable bonds is 6. The number of nitrogens with two attached hydrogens (primary N) is 1. The molecule has 1 saturated heterocycles. The Morgan fingerprint density at radius 1 is 1.43 bits per heavy atom. The van der Waals surface area contributed by atoms with Crippen molar-refractivity contribution in [3.63, 3.8) is 0 Å². The van der Waals surface area contributed by atoms with E-state index in [0.717, 1.165) is 45.2 Å². The van der Waals surface area contributed by atoms with Crippen LogP contribution in [0.15, 0.2) is 12.1 Å². The van der Waals surface area contributed by atoms with Crippen molar-refractivity contribution in [3.05, 3.63) is 33.6 Å². The predicted octanol–water partition coefficient (Wildman–Crippen LogP) is 0.341. The van der Waals surface area contributed by atoms with Gasteiger partial charge in [0.15, 0.2) is 0 Å². The van der Waals surface area contributed by atoms with Gasteiger partial charge >= 0.3 is 0 Å². The molecule has 1 aliphatic rings. The highest BCUT2D eigenvalue weighted by molar-refractivity contribution is 6.01. The highest BCUT2D eigenvalue weighted by Crippen LogP contribution is 2.26. The van der Waals surface area contributed by atoms with Gasteiger partial charge in [-0.3, -0.25) is 14.9 Å². The van der Waals surface area contributed by atoms with E-state index in [1.807, 2.05) is 0 Å². The van der Waals surface area contributed by atoms with Gasteiger partial charge in [0.25, 0.3) is 11.6 Å². The molecule has 9 heteroatoms. The monoisotopic (exact) mass is 325 g/mol. The van der Waals surface area contributed by atoms with Gasteiger partial charge in [0.1, 0.15) is 11.5 Å². The maximum Gasteiger partial charge on any atom is 0.295 e. The molecule has 2 rings (SSSR count). The molecule has 0 aliphatic carbocycles. The minimum Gasteiger partial charge on any atom is -0.393 e. The van der Waals surface area contributed by atoms with Gasteiger partial charge in [-0.1, -0.05) is 0 Å². The number of benzene rings is 1. The number of nitrogens with zero attached hydrogens (tertiary/aromatic N) is 2. The lowest BCUT2D eigenvalue weighted by Crippen LogP contribution is -2.44. The Balaban J connectivity index is 1.89. The van der Waals surface area contributed by atoms with Crippen molar-refractivity contribution in [2.75, 3.05) is 45.0 Å². The molecule has 126 valence electrons. The molecular formula is C14H20FN5O3. The first-order valence-corrected chi connectivity index (χ1v) is 7.43. The maximum absolute atomic E-state index is 13.4. The summed E-state index contributed by atoms with van der Waals surface area (Å²) >= 11 is 0. The standard InChI is InChI=1S/C14H20FN5O3/c15-10-8-11(13(16)12(9-10)20(22)23)14(21)18-2-1-5-19-6-3-17-4-7-19/h8-9,17H,1-7,16H2,(H,18,21). The van der Waals surface area contributed by atoms with Crippen LogP contribution < -0.4 is 16.4 Å². The van der Waals surface area contributed by atoms with Gasteiger partial charge in [-0.25, -0.2) is 4.39 Å². The van der Waals surface area contributed by atoms with Crippen molar-refractivity contribution >= 4 is 17.3 Å². The summed E-state index contributed by atoms with van der Waals surface area (Å²) in [6.45, 7) is 5.09. The normalized spacial score (nSPS) is 15.3. The molecule has 1 aliphatic heterocycles. The molecule has 0 atom stereocenters. The number of carbonyl (C=O) groups excluding carboxylic acids is 1. The minimum atomic E-state index is -0.864. The van der Waals surface area contributed by atoms with Crippen LogP contribution in [0.3, 0.4) is 0 Å². The number of nitro groups is 1. The lowest BCUT2D eigenvalue weighted by molar-refractivity contribution is -0.384. The molecule has 1 aromatic carbocycles. The number of nitro benzene ring substituents is 1. The van der Waals surface area contributed by atoms with Crippen LogP contribution in [-0.4, -0.2) is 55.0 Å². The Labute approximate surface area is 133 Å². The quantitative estimate of drug-likeness (QED) is 0.301. The summed E-state index contributed by atoms with van der Waals surface area (Å²) in [6, 6.07) is 1.62. The fourth-order valence-electron chi connectivity index (χ4n) is 2.48. The molecule has 1 aromatic rings. The number of hydrogen-bond donors (Lipinski definition) is 3. The molecule has 0 unspecified atom stereocenters. The molecule has 23 heavy (non-hydrogen) atoms. The van der Waals surface area contributed by atoms with Crippen molar-refractivity contribution in [1.29, 1.82) is 0 Å². The van der Waals surface area contributed by atoms with Gasteiger partial charge in [-0.05, 0) is 19.0 Å². The van der Waals surface area contributed by atoms with E-state index < -0.39 is 22.3 Å². The van der Waals surface area contributed by atoms with Crippen molar-refractivity contribution in [2.24, 2.45) is 0 Å². The lowest BCUT2D eigenvalue weighted by atomic mass is 10.1. The molecule has 0 spiro atoms. The number of anilines is 1. The fraction of sp³-hybridized carbons (Fsp3) is 0.500. The zero-order valence-electron chi connectivity index (χ0n) is 12.7. The summed E-state index contributed by atoms with van der Waals surface area (Å²) in [5.41, 5.74) is 4.46. The number of nitrogens with one attached hydrogen (secondary N) is 2. The van der Waals surface area contributed by atoms with E-state index in [9.17, 15) is 19.3 Å². The topological polar surface area (TPSA) is 114 Å². The van der Waals surface area contributed by atoms with E-state index in [4.69, 9.17) is 5.73 Å². The van der Waals surface area contributed by atoms with Crippen LogP contribution in [0, 0.1) is 15.9 Å². The smallest absolute Gasteiger partial charge is 0.295 e. The number of nitrogen functional groups attached to an aromatic ring is 1. The molecule has 8 nitrogen and oxygen atoms in total. The Morgan fingerprint density at radius 3 is 2.78 bits per heavy atom. The van der Waals surface area contributed by atoms with Crippen LogP contribution in [0.5, 0.6) is 0 Å². The fourth-order valence-corrected chi connectivity index (χ4v) is 2.48. The van der Waals surface area contributed by atoms with Gasteiger partial charge < -0.3 is 21.3 Å². The first-order chi connectivity index (χ1) is 11.0. The van der Waals surface area contributed by atoms with Crippen LogP contribution in [0.4, 0.5) is 15.8 Å². The van der Waals surface area contributed by atoms with Crippen molar-refractivity contribution < 1.29 is 14.1 Å². The summed E-state index contributed by atoms with van der Waals surface area (Å²) in [7, 11) is 0. The third-order valence-electron chi connectivity index (χ3n) is 3.71. The molecule has 4 N–H and O–H groups in total. The van der Waals surface area contributed by atoms with Gasteiger partial charge in [0.05, 0.1) is 16.6 Å². The Bertz CT molecular complexity index is 590. The SMILES string of the molecule is Nc1c(C(=O)NCCCN2CCNCC2)cc(F)cc1[N+](=O)[O-]. The van der Waals surface area contributed by atoms with E-state index in [1.54, 1.807) is 0 Å². The Kier molecular flexibility index (Phi) is 5.83. The summed E-state index contributed by atoms with van der Waals surface area (Å²) in [5.74, 6) is -1.47. The van der Waals surface area contributed by atoms with Crippen molar-refractivity contribution in [1.82, 2.24) is 15.5 Å². The predicted molar refractivity (Wildman–Crippen MR) is 83.7 cm³/mol. The molecule has 0 aromatic heterocycles. The van der Waals surface area contributed by atoms with Crippen molar-refractivity contribution in [3.8, 4) is 0 Å². The van der Waals surface area contributed by atoms with Crippen LogP contribution >= 0.6 is 0 Å². The second kappa shape index (κ2) is 7.84. The lowest BCUT2D eigenvalue weighted by Gasteiger charge is -2.27. The van der Waals surface area contributed by atoms with Crippen molar-refractivity contribution in [2.45, 2.75) is 6.42 Å². The summed E-state index contributed by atoms with van der Waals surface area (Å²) in [6.07, 6.45) is 0.739. The average Bonchev–Trinajstić information content (AvgIpc) is 2.54. The van der Waals surface area contributed by atoms with Crippen LogP contribution in [-0.2, 0) is 0 Å². The minimum absolute atomic E-state index is 0.209. The van der Waals surface area contributed by atoms with Gasteiger partial charge in [0, 0.05) is 32.7 Å². The summed E-state index contributed by atoms with van der Waals surface area (Å²) < 4.78 is 13.4. The van der Waals surface area contributed by atoms with Crippen LogP contribution in [0.1, 0.15) is 16.8 Å². The van der Waals surface area contributed by atoms with Gasteiger partial charge in [-0.15, -0.1) is 0 Å². The first-order valence-electron chi connectivity index (χ1n) is 7.43. The van der Waals surface area contributed by atoms with Gasteiger partial charge in [-0.2, -0.15) is 0 Å². The number of carbonyl (C=O) groups is 1. The zero-order chi connectivity index (χ0) is 16.8. The van der Waals surface area contributed by atoms with E-state index >= 15 is 0 Å². The first kappa shape index (κ1) is 17.1.